The van der Waals surface area contributed by atoms with Crippen LogP contribution < -0.4 is 26.2 Å². The molecule has 25 heavy (non-hydrogen) atoms. The molecule has 0 bridgehead atoms. The number of nitrogens with one attached hydrogen (secondary N) is 4. The van der Waals surface area contributed by atoms with Crippen LogP contribution in [0.1, 0.15) is 16.1 Å². The lowest BCUT2D eigenvalue weighted by atomic mass is 10.2. The average molecular weight is 362 g/mol. The van der Waals surface area contributed by atoms with Gasteiger partial charge in [-0.1, -0.05) is 12.1 Å². The molecule has 2 rings (SSSR count). The molecule has 0 radical (unpaired) electrons. The van der Waals surface area contributed by atoms with Crippen LogP contribution in [0.3, 0.4) is 0 Å². The third-order valence-corrected chi connectivity index (χ3v) is 3.33. The van der Waals surface area contributed by atoms with Crippen molar-refractivity contribution in [2.75, 3.05) is 13.7 Å². The van der Waals surface area contributed by atoms with E-state index < -0.39 is 11.8 Å². The molecule has 0 fully saturated rings. The lowest BCUT2D eigenvalue weighted by Gasteiger charge is -2.12. The number of carbonyl (C=O) groups excluding carboxylic acids is 2. The first-order chi connectivity index (χ1) is 12.1. The predicted molar refractivity (Wildman–Crippen MR) is 94.8 cm³/mol. The highest BCUT2D eigenvalue weighted by molar-refractivity contribution is 7.80. The predicted octanol–water partition coefficient (Wildman–Crippen LogP) is 0.714. The molecule has 1 heterocycles. The third kappa shape index (κ3) is 6.15. The third-order valence-electron chi connectivity index (χ3n) is 3.08. The number of rotatable bonds is 6. The van der Waals surface area contributed by atoms with Crippen LogP contribution in [0.15, 0.2) is 47.1 Å². The number of hydrogen-bond acceptors (Lipinski definition) is 5. The molecule has 0 spiro atoms. The Morgan fingerprint density at radius 3 is 2.52 bits per heavy atom. The van der Waals surface area contributed by atoms with Crippen molar-refractivity contribution in [3.63, 3.8) is 0 Å². The lowest BCUT2D eigenvalue weighted by molar-refractivity contribution is -0.120. The molecule has 0 atom stereocenters. The van der Waals surface area contributed by atoms with Gasteiger partial charge in [0.2, 0.25) is 0 Å². The first kappa shape index (κ1) is 18.3. The molecular formula is C16H18N4O4S. The second kappa shape index (κ2) is 9.28. The maximum atomic E-state index is 11.6. The van der Waals surface area contributed by atoms with Crippen LogP contribution in [-0.4, -0.2) is 30.6 Å². The molecular weight excluding hydrogens is 344 g/mol. The molecule has 0 aliphatic rings. The van der Waals surface area contributed by atoms with E-state index in [-0.39, 0.29) is 17.4 Å². The lowest BCUT2D eigenvalue weighted by Crippen LogP contribution is -2.49. The van der Waals surface area contributed by atoms with Gasteiger partial charge in [-0.2, -0.15) is 0 Å². The first-order valence-electron chi connectivity index (χ1n) is 7.36. The summed E-state index contributed by atoms with van der Waals surface area (Å²) in [6, 6.07) is 10.6. The van der Waals surface area contributed by atoms with Crippen LogP contribution in [0.4, 0.5) is 0 Å². The molecule has 8 nitrogen and oxygen atoms in total. The van der Waals surface area contributed by atoms with Gasteiger partial charge in [0, 0.05) is 6.54 Å². The second-order valence-electron chi connectivity index (χ2n) is 4.86. The van der Waals surface area contributed by atoms with Gasteiger partial charge in [-0.05, 0) is 42.0 Å². The largest absolute Gasteiger partial charge is 0.497 e. The fraction of sp³-hybridized carbons (Fsp3) is 0.188. The van der Waals surface area contributed by atoms with Gasteiger partial charge in [0.1, 0.15) is 5.75 Å². The monoisotopic (exact) mass is 362 g/mol. The van der Waals surface area contributed by atoms with Crippen LogP contribution in [0.5, 0.6) is 5.75 Å². The van der Waals surface area contributed by atoms with E-state index in [2.05, 4.69) is 21.5 Å². The van der Waals surface area contributed by atoms with Gasteiger partial charge in [-0.15, -0.1) is 0 Å². The van der Waals surface area contributed by atoms with Crippen molar-refractivity contribution >= 4 is 29.1 Å². The normalized spacial score (nSPS) is 9.80. The zero-order valence-corrected chi connectivity index (χ0v) is 14.3. The standard InChI is InChI=1S/C16H18N4O4S/c1-23-12-6-4-11(5-7-12)9-18-16(25)20-19-14(21)10-17-15(22)13-3-2-8-24-13/h2-8H,9-10H2,1H3,(H,17,22)(H,19,21)(H2,18,20,25). The SMILES string of the molecule is COc1ccc(CNC(=S)NNC(=O)CNC(=O)c2ccco2)cc1. The van der Waals surface area contributed by atoms with E-state index in [1.54, 1.807) is 13.2 Å². The Balaban J connectivity index is 1.63. The van der Waals surface area contributed by atoms with Gasteiger partial charge in [0.05, 0.1) is 19.9 Å². The van der Waals surface area contributed by atoms with E-state index in [0.29, 0.717) is 6.54 Å². The summed E-state index contributed by atoms with van der Waals surface area (Å²) in [4.78, 5) is 23.2. The van der Waals surface area contributed by atoms with E-state index in [9.17, 15) is 9.59 Å². The van der Waals surface area contributed by atoms with Gasteiger partial charge in [0.15, 0.2) is 10.9 Å². The second-order valence-corrected chi connectivity index (χ2v) is 5.27. The molecule has 0 saturated carbocycles. The van der Waals surface area contributed by atoms with E-state index in [1.807, 2.05) is 24.3 Å². The number of hydrogen-bond donors (Lipinski definition) is 4. The van der Waals surface area contributed by atoms with Crippen LogP contribution in [-0.2, 0) is 11.3 Å². The van der Waals surface area contributed by atoms with E-state index in [0.717, 1.165) is 11.3 Å². The van der Waals surface area contributed by atoms with Crippen molar-refractivity contribution in [3.8, 4) is 5.75 Å². The van der Waals surface area contributed by atoms with Crippen LogP contribution >= 0.6 is 12.2 Å². The Morgan fingerprint density at radius 1 is 1.12 bits per heavy atom. The van der Waals surface area contributed by atoms with Crippen molar-refractivity contribution in [2.45, 2.75) is 6.54 Å². The molecule has 0 unspecified atom stereocenters. The zero-order chi connectivity index (χ0) is 18.1. The summed E-state index contributed by atoms with van der Waals surface area (Å²) >= 11 is 5.06. The average Bonchev–Trinajstić information content (AvgIpc) is 3.18. The molecule has 132 valence electrons. The maximum Gasteiger partial charge on any atom is 0.287 e. The molecule has 0 aliphatic carbocycles. The fourth-order valence-electron chi connectivity index (χ4n) is 1.80. The minimum Gasteiger partial charge on any atom is -0.497 e. The smallest absolute Gasteiger partial charge is 0.287 e. The van der Waals surface area contributed by atoms with Crippen molar-refractivity contribution in [1.29, 1.82) is 0 Å². The van der Waals surface area contributed by atoms with Crippen LogP contribution in [0, 0.1) is 0 Å². The van der Waals surface area contributed by atoms with Gasteiger partial charge < -0.3 is 19.8 Å². The highest BCUT2D eigenvalue weighted by Gasteiger charge is 2.10. The summed E-state index contributed by atoms with van der Waals surface area (Å²) in [5.74, 6) is -0.0143. The summed E-state index contributed by atoms with van der Waals surface area (Å²) in [7, 11) is 1.60. The maximum absolute atomic E-state index is 11.6. The van der Waals surface area contributed by atoms with Crippen molar-refractivity contribution < 1.29 is 18.7 Å². The Hall–Kier alpha value is -3.07. The van der Waals surface area contributed by atoms with E-state index >= 15 is 0 Å². The summed E-state index contributed by atoms with van der Waals surface area (Å²) in [6.07, 6.45) is 1.38. The Labute approximate surface area is 149 Å². The minimum absolute atomic E-state index is 0.137. The number of thiocarbonyl (C=S) groups is 1. The highest BCUT2D eigenvalue weighted by Crippen LogP contribution is 2.10. The Kier molecular flexibility index (Phi) is 6.78. The molecule has 2 amide bonds. The highest BCUT2D eigenvalue weighted by atomic mass is 32.1. The minimum atomic E-state index is -0.472. The zero-order valence-electron chi connectivity index (χ0n) is 13.5. The van der Waals surface area contributed by atoms with Gasteiger partial charge >= 0.3 is 0 Å². The summed E-state index contributed by atoms with van der Waals surface area (Å²) in [5.41, 5.74) is 5.94. The number of methoxy groups -OCH3 is 1. The fourth-order valence-corrected chi connectivity index (χ4v) is 1.92. The number of carbonyl (C=O) groups is 2. The van der Waals surface area contributed by atoms with E-state index in [1.165, 1.54) is 12.3 Å². The molecule has 4 N–H and O–H groups in total. The molecule has 0 aliphatic heterocycles. The topological polar surface area (TPSA) is 105 Å². The van der Waals surface area contributed by atoms with Crippen LogP contribution in [0.2, 0.25) is 0 Å². The Morgan fingerprint density at radius 2 is 1.88 bits per heavy atom. The number of furan rings is 1. The van der Waals surface area contributed by atoms with Crippen molar-refractivity contribution in [2.24, 2.45) is 0 Å². The summed E-state index contributed by atoms with van der Waals surface area (Å²) in [6.45, 7) is 0.272. The van der Waals surface area contributed by atoms with Crippen molar-refractivity contribution in [3.05, 3.63) is 54.0 Å². The summed E-state index contributed by atoms with van der Waals surface area (Å²) < 4.78 is 10.00. The number of ether oxygens (including phenoxy) is 1. The van der Waals surface area contributed by atoms with Crippen LogP contribution in [0.25, 0.3) is 0 Å². The van der Waals surface area contributed by atoms with Gasteiger partial charge in [0.25, 0.3) is 11.8 Å². The molecule has 1 aromatic heterocycles. The Bertz CT molecular complexity index is 716. The number of hydrazine groups is 1. The van der Waals surface area contributed by atoms with E-state index in [4.69, 9.17) is 21.4 Å². The molecule has 2 aromatic rings. The molecule has 0 saturated heterocycles. The molecule has 1 aromatic carbocycles. The quantitative estimate of drug-likeness (QED) is 0.443. The van der Waals surface area contributed by atoms with Crippen molar-refractivity contribution in [1.82, 2.24) is 21.5 Å². The number of amides is 2. The van der Waals surface area contributed by atoms with Gasteiger partial charge in [-0.25, -0.2) is 0 Å². The summed E-state index contributed by atoms with van der Waals surface area (Å²) in [5, 5.41) is 5.61. The molecule has 9 heteroatoms. The number of benzene rings is 1. The van der Waals surface area contributed by atoms with Gasteiger partial charge in [-0.3, -0.25) is 20.4 Å². The first-order valence-corrected chi connectivity index (χ1v) is 7.76.